The predicted octanol–water partition coefficient (Wildman–Crippen LogP) is 2.17. The second kappa shape index (κ2) is 7.77. The van der Waals surface area contributed by atoms with Crippen molar-refractivity contribution in [1.29, 1.82) is 0 Å². The fourth-order valence-electron chi connectivity index (χ4n) is 2.51. The first-order valence-corrected chi connectivity index (χ1v) is 8.39. The summed E-state index contributed by atoms with van der Waals surface area (Å²) in [7, 11) is 4.08. The summed E-state index contributed by atoms with van der Waals surface area (Å²) in [6.45, 7) is 4.70. The highest BCUT2D eigenvalue weighted by Gasteiger charge is 2.24. The Morgan fingerprint density at radius 2 is 2.43 bits per heavy atom. The van der Waals surface area contributed by atoms with Gasteiger partial charge in [0.15, 0.2) is 0 Å². The second-order valence-corrected chi connectivity index (χ2v) is 6.35. The molecular formula is C15H25N3O2S. The van der Waals surface area contributed by atoms with Crippen LogP contribution in [-0.2, 0) is 4.74 Å². The Labute approximate surface area is 130 Å². The third-order valence-electron chi connectivity index (χ3n) is 3.88. The first-order chi connectivity index (χ1) is 10.1. The molecule has 2 amide bonds. The van der Waals surface area contributed by atoms with Gasteiger partial charge in [-0.05, 0) is 42.9 Å². The number of likely N-dealkylation sites (N-methyl/N-ethyl adjacent to an activating group) is 1. The van der Waals surface area contributed by atoms with Crippen molar-refractivity contribution in [2.24, 2.45) is 0 Å². The van der Waals surface area contributed by atoms with Gasteiger partial charge in [0.05, 0.1) is 18.8 Å². The average Bonchev–Trinajstić information content (AvgIpc) is 3.01. The number of carbonyl (C=O) groups excluding carboxylic acids is 1. The lowest BCUT2D eigenvalue weighted by Crippen LogP contribution is -2.50. The molecule has 5 nitrogen and oxygen atoms in total. The summed E-state index contributed by atoms with van der Waals surface area (Å²) < 4.78 is 5.60. The van der Waals surface area contributed by atoms with Gasteiger partial charge in [-0.25, -0.2) is 4.79 Å². The molecule has 0 unspecified atom stereocenters. The van der Waals surface area contributed by atoms with Crippen LogP contribution in [0.25, 0.3) is 0 Å². The molecular weight excluding hydrogens is 286 g/mol. The maximum absolute atomic E-state index is 12.3. The topological polar surface area (TPSA) is 44.8 Å². The van der Waals surface area contributed by atoms with Crippen molar-refractivity contribution >= 4 is 17.4 Å². The van der Waals surface area contributed by atoms with Gasteiger partial charge in [0.2, 0.25) is 0 Å². The molecule has 1 aliphatic rings. The zero-order valence-corrected chi connectivity index (χ0v) is 13.9. The molecule has 6 heteroatoms. The summed E-state index contributed by atoms with van der Waals surface area (Å²) in [6.07, 6.45) is 1.12. The number of nitrogens with zero attached hydrogens (tertiary/aromatic N) is 2. The van der Waals surface area contributed by atoms with Crippen LogP contribution in [0, 0.1) is 0 Å². The Morgan fingerprint density at radius 3 is 3.05 bits per heavy atom. The molecule has 0 spiro atoms. The molecule has 1 aromatic rings. The van der Waals surface area contributed by atoms with E-state index in [1.54, 1.807) is 11.3 Å². The predicted molar refractivity (Wildman–Crippen MR) is 85.7 cm³/mol. The number of hydrogen-bond acceptors (Lipinski definition) is 4. The van der Waals surface area contributed by atoms with Gasteiger partial charge in [0.1, 0.15) is 0 Å². The number of nitrogens with one attached hydrogen (secondary N) is 1. The number of amides is 2. The fraction of sp³-hybridized carbons (Fsp3) is 0.667. The molecule has 2 rings (SSSR count). The number of urea groups is 1. The molecule has 0 radical (unpaired) electrons. The van der Waals surface area contributed by atoms with E-state index >= 15 is 0 Å². The van der Waals surface area contributed by atoms with Crippen LogP contribution in [0.15, 0.2) is 16.8 Å². The van der Waals surface area contributed by atoms with Crippen LogP contribution in [0.5, 0.6) is 0 Å². The molecule has 1 N–H and O–H groups in total. The molecule has 2 atom stereocenters. The molecule has 0 bridgehead atoms. The van der Waals surface area contributed by atoms with Crippen LogP contribution in [0.2, 0.25) is 0 Å². The van der Waals surface area contributed by atoms with Crippen molar-refractivity contribution < 1.29 is 9.53 Å². The quantitative estimate of drug-likeness (QED) is 0.906. The van der Waals surface area contributed by atoms with E-state index in [1.807, 2.05) is 19.0 Å². The summed E-state index contributed by atoms with van der Waals surface area (Å²) >= 11 is 1.68. The minimum atomic E-state index is 0.0128. The van der Waals surface area contributed by atoms with Crippen LogP contribution < -0.4 is 5.32 Å². The van der Waals surface area contributed by atoms with E-state index in [2.05, 4.69) is 34.0 Å². The highest BCUT2D eigenvalue weighted by Crippen LogP contribution is 2.20. The van der Waals surface area contributed by atoms with Crippen LogP contribution in [-0.4, -0.2) is 62.3 Å². The van der Waals surface area contributed by atoms with Crippen molar-refractivity contribution in [3.63, 3.8) is 0 Å². The second-order valence-electron chi connectivity index (χ2n) is 5.57. The van der Waals surface area contributed by atoms with E-state index < -0.39 is 0 Å². The summed E-state index contributed by atoms with van der Waals surface area (Å²) in [5, 5.41) is 7.27. The van der Waals surface area contributed by atoms with Gasteiger partial charge in [0, 0.05) is 19.6 Å². The van der Waals surface area contributed by atoms with Crippen molar-refractivity contribution in [1.82, 2.24) is 15.1 Å². The molecule has 0 aromatic carbocycles. The van der Waals surface area contributed by atoms with Gasteiger partial charge in [0.25, 0.3) is 0 Å². The zero-order valence-electron chi connectivity index (χ0n) is 13.0. The lowest BCUT2D eigenvalue weighted by atomic mass is 10.1. The number of ether oxygens (including phenoxy) is 1. The largest absolute Gasteiger partial charge is 0.375 e. The van der Waals surface area contributed by atoms with Crippen molar-refractivity contribution in [2.45, 2.75) is 25.5 Å². The third-order valence-corrected chi connectivity index (χ3v) is 4.58. The minimum absolute atomic E-state index is 0.0128. The first kappa shape index (κ1) is 16.3. The Balaban J connectivity index is 1.87. The van der Waals surface area contributed by atoms with E-state index in [-0.39, 0.29) is 18.2 Å². The lowest BCUT2D eigenvalue weighted by Gasteiger charge is -2.33. The molecule has 21 heavy (non-hydrogen) atoms. The molecule has 2 heterocycles. The Bertz CT molecular complexity index is 436. The number of morpholine rings is 1. The van der Waals surface area contributed by atoms with Crippen LogP contribution in [0.1, 0.15) is 24.9 Å². The van der Waals surface area contributed by atoms with E-state index in [0.29, 0.717) is 26.2 Å². The zero-order chi connectivity index (χ0) is 15.2. The molecule has 1 aromatic heterocycles. The van der Waals surface area contributed by atoms with Crippen LogP contribution >= 0.6 is 11.3 Å². The number of rotatable bonds is 5. The highest BCUT2D eigenvalue weighted by molar-refractivity contribution is 7.07. The van der Waals surface area contributed by atoms with Gasteiger partial charge in [-0.1, -0.05) is 6.92 Å². The molecule has 118 valence electrons. The van der Waals surface area contributed by atoms with Gasteiger partial charge >= 0.3 is 6.03 Å². The minimum Gasteiger partial charge on any atom is -0.375 e. The van der Waals surface area contributed by atoms with Gasteiger partial charge < -0.3 is 19.9 Å². The van der Waals surface area contributed by atoms with E-state index in [4.69, 9.17) is 4.74 Å². The number of hydrogen-bond donors (Lipinski definition) is 1. The lowest BCUT2D eigenvalue weighted by molar-refractivity contribution is -0.0155. The molecule has 0 aliphatic carbocycles. The van der Waals surface area contributed by atoms with E-state index in [0.717, 1.165) is 6.42 Å². The third kappa shape index (κ3) is 4.43. The van der Waals surface area contributed by atoms with Crippen LogP contribution in [0.3, 0.4) is 0 Å². The van der Waals surface area contributed by atoms with Crippen LogP contribution in [0.4, 0.5) is 4.79 Å². The van der Waals surface area contributed by atoms with Crippen molar-refractivity contribution in [3.8, 4) is 0 Å². The van der Waals surface area contributed by atoms with Crippen molar-refractivity contribution in [3.05, 3.63) is 22.4 Å². The molecule has 1 saturated heterocycles. The summed E-state index contributed by atoms with van der Waals surface area (Å²) in [4.78, 5) is 16.3. The molecule has 1 aliphatic heterocycles. The Hall–Kier alpha value is -1.11. The highest BCUT2D eigenvalue weighted by atomic mass is 32.1. The average molecular weight is 311 g/mol. The Kier molecular flexibility index (Phi) is 6.02. The van der Waals surface area contributed by atoms with Gasteiger partial charge in [-0.2, -0.15) is 11.3 Å². The monoisotopic (exact) mass is 311 g/mol. The number of thiophene rings is 1. The molecule has 0 saturated carbocycles. The van der Waals surface area contributed by atoms with E-state index in [1.165, 1.54) is 5.56 Å². The normalized spacial score (nSPS) is 20.6. The molecule has 1 fully saturated rings. The fourth-order valence-corrected chi connectivity index (χ4v) is 3.22. The first-order valence-electron chi connectivity index (χ1n) is 7.44. The number of carbonyl (C=O) groups is 1. The standard InChI is InChI=1S/C15H25N3O2S/c1-4-13-10-18(6-7-20-13)15(19)16-9-14(17(2)3)12-5-8-21-11-12/h5,8,11,13-14H,4,6-7,9-10H2,1-3H3,(H,16,19)/t13-,14+/m0/s1. The maximum atomic E-state index is 12.3. The van der Waals surface area contributed by atoms with E-state index in [9.17, 15) is 4.79 Å². The van der Waals surface area contributed by atoms with Gasteiger partial charge in [-0.15, -0.1) is 0 Å². The van der Waals surface area contributed by atoms with Crippen molar-refractivity contribution in [2.75, 3.05) is 40.3 Å². The smallest absolute Gasteiger partial charge is 0.317 e. The SMILES string of the molecule is CC[C@H]1CN(C(=O)NC[C@H](c2ccsc2)N(C)C)CCO1. The summed E-state index contributed by atoms with van der Waals surface area (Å²) in [5.74, 6) is 0. The summed E-state index contributed by atoms with van der Waals surface area (Å²) in [5.41, 5.74) is 1.25. The summed E-state index contributed by atoms with van der Waals surface area (Å²) in [6, 6.07) is 2.34. The van der Waals surface area contributed by atoms with Gasteiger partial charge in [-0.3, -0.25) is 0 Å². The maximum Gasteiger partial charge on any atom is 0.317 e. The Morgan fingerprint density at radius 1 is 1.62 bits per heavy atom.